The number of hydrogen-bond donors (Lipinski definition) is 0. The van der Waals surface area contributed by atoms with Gasteiger partial charge in [0.15, 0.2) is 0 Å². The van der Waals surface area contributed by atoms with Crippen LogP contribution >= 0.6 is 0 Å². The maximum absolute atomic E-state index is 9.42. The second-order valence-electron chi connectivity index (χ2n) is 6.31. The molecule has 2 atom stereocenters. The van der Waals surface area contributed by atoms with Crippen molar-refractivity contribution < 1.29 is 0 Å². The maximum Gasteiger partial charge on any atom is 0.147 e. The summed E-state index contributed by atoms with van der Waals surface area (Å²) in [5, 5.41) is 13.9. The van der Waals surface area contributed by atoms with E-state index in [4.69, 9.17) is 0 Å². The minimum atomic E-state index is 0.520. The summed E-state index contributed by atoms with van der Waals surface area (Å²) in [6, 6.07) is 8.33. The highest BCUT2D eigenvalue weighted by molar-refractivity contribution is 5.47. The number of hydrogen-bond acceptors (Lipinski definition) is 4. The molecule has 3 heterocycles. The normalized spacial score (nSPS) is 22.5. The summed E-state index contributed by atoms with van der Waals surface area (Å²) in [6.45, 7) is 4.88. The van der Waals surface area contributed by atoms with Crippen molar-refractivity contribution in [2.75, 3.05) is 18.0 Å². The molecular weight excluding hydrogens is 274 g/mol. The highest BCUT2D eigenvalue weighted by Gasteiger charge is 2.45. The monoisotopic (exact) mass is 293 g/mol. The Bertz CT molecular complexity index is 732. The number of aromatic nitrogens is 3. The largest absolute Gasteiger partial charge is 0.356 e. The van der Waals surface area contributed by atoms with Gasteiger partial charge in [-0.1, -0.05) is 13.0 Å². The molecule has 0 amide bonds. The number of piperidine rings is 1. The molecule has 5 heteroatoms. The van der Waals surface area contributed by atoms with Crippen LogP contribution in [0, 0.1) is 23.2 Å². The molecule has 1 aliphatic heterocycles. The molecule has 5 nitrogen and oxygen atoms in total. The molecule has 4 rings (SSSR count). The number of fused-ring (bicyclic) bond motifs is 1. The van der Waals surface area contributed by atoms with Crippen LogP contribution in [-0.2, 0) is 13.0 Å². The van der Waals surface area contributed by atoms with Crippen LogP contribution in [0.2, 0.25) is 0 Å². The molecular formula is C17H19N5. The van der Waals surface area contributed by atoms with Crippen LogP contribution in [0.25, 0.3) is 0 Å². The average molecular weight is 293 g/mol. The first-order valence-corrected chi connectivity index (χ1v) is 7.94. The van der Waals surface area contributed by atoms with E-state index in [1.54, 1.807) is 0 Å². The van der Waals surface area contributed by atoms with E-state index in [0.717, 1.165) is 48.4 Å². The molecule has 1 aliphatic carbocycles. The summed E-state index contributed by atoms with van der Waals surface area (Å²) in [6.07, 6.45) is 4.26. The van der Waals surface area contributed by atoms with Gasteiger partial charge in [-0.3, -0.25) is 4.68 Å². The van der Waals surface area contributed by atoms with Gasteiger partial charge >= 0.3 is 0 Å². The van der Waals surface area contributed by atoms with Crippen LogP contribution in [0.5, 0.6) is 0 Å². The van der Waals surface area contributed by atoms with Crippen LogP contribution in [0.1, 0.15) is 30.3 Å². The molecule has 1 saturated carbocycles. The third kappa shape index (κ3) is 2.35. The van der Waals surface area contributed by atoms with Crippen LogP contribution in [-0.4, -0.2) is 27.9 Å². The molecule has 0 aromatic carbocycles. The molecule has 0 radical (unpaired) electrons. The van der Waals surface area contributed by atoms with Gasteiger partial charge in [0.1, 0.15) is 17.6 Å². The van der Waals surface area contributed by atoms with Gasteiger partial charge in [0.2, 0.25) is 0 Å². The molecule has 2 aromatic heterocycles. The minimum absolute atomic E-state index is 0.520. The fourth-order valence-electron chi connectivity index (χ4n) is 3.32. The Morgan fingerprint density at radius 1 is 1.27 bits per heavy atom. The maximum atomic E-state index is 9.42. The number of aryl methyl sites for hydroxylation is 1. The van der Waals surface area contributed by atoms with E-state index in [0.29, 0.717) is 12.2 Å². The summed E-state index contributed by atoms with van der Waals surface area (Å²) < 4.78 is 1.88. The molecule has 22 heavy (non-hydrogen) atoms. The van der Waals surface area contributed by atoms with Gasteiger partial charge in [0, 0.05) is 24.8 Å². The first-order chi connectivity index (χ1) is 10.8. The standard InChI is InChI=1S/C17H19N5/c1-2-15-5-6-22(20-15)11-12-3-4-17(19-16(12)8-18)21-9-13-7-14(13)10-21/h3-6,13-14H,2,7,9-11H2,1H3. The molecule has 112 valence electrons. The van der Waals surface area contributed by atoms with Crippen molar-refractivity contribution in [3.63, 3.8) is 0 Å². The van der Waals surface area contributed by atoms with Crippen molar-refractivity contribution in [1.82, 2.24) is 14.8 Å². The van der Waals surface area contributed by atoms with Crippen LogP contribution in [0.15, 0.2) is 24.4 Å². The van der Waals surface area contributed by atoms with E-state index in [9.17, 15) is 5.26 Å². The Hall–Kier alpha value is -2.35. The van der Waals surface area contributed by atoms with E-state index in [1.807, 2.05) is 29.1 Å². The van der Waals surface area contributed by atoms with Gasteiger partial charge in [-0.05, 0) is 36.8 Å². The highest BCUT2D eigenvalue weighted by atomic mass is 15.3. The molecule has 0 N–H and O–H groups in total. The minimum Gasteiger partial charge on any atom is -0.356 e. The molecule has 2 aliphatic rings. The summed E-state index contributed by atoms with van der Waals surface area (Å²) in [7, 11) is 0. The number of nitriles is 1. The van der Waals surface area contributed by atoms with Crippen molar-refractivity contribution in [3.8, 4) is 6.07 Å². The SMILES string of the molecule is CCc1ccn(Cc2ccc(N3CC4CC4C3)nc2C#N)n1. The molecule has 0 spiro atoms. The van der Waals surface area contributed by atoms with Crippen LogP contribution in [0.4, 0.5) is 5.82 Å². The molecule has 2 aromatic rings. The lowest BCUT2D eigenvalue weighted by Gasteiger charge is -2.19. The number of rotatable bonds is 4. The number of nitrogens with zero attached hydrogens (tertiary/aromatic N) is 5. The lowest BCUT2D eigenvalue weighted by Crippen LogP contribution is -2.23. The third-order valence-corrected chi connectivity index (χ3v) is 4.76. The molecule has 1 saturated heterocycles. The van der Waals surface area contributed by atoms with Gasteiger partial charge < -0.3 is 4.90 Å². The van der Waals surface area contributed by atoms with E-state index in [1.165, 1.54) is 6.42 Å². The van der Waals surface area contributed by atoms with Gasteiger partial charge in [-0.15, -0.1) is 0 Å². The smallest absolute Gasteiger partial charge is 0.147 e. The van der Waals surface area contributed by atoms with E-state index in [2.05, 4.69) is 28.0 Å². The summed E-state index contributed by atoms with van der Waals surface area (Å²) in [5.74, 6) is 2.68. The second kappa shape index (κ2) is 5.13. The molecule has 2 fully saturated rings. The van der Waals surface area contributed by atoms with Gasteiger partial charge in [-0.25, -0.2) is 4.98 Å². The van der Waals surface area contributed by atoms with Gasteiger partial charge in [0.05, 0.1) is 12.2 Å². The fraction of sp³-hybridized carbons (Fsp3) is 0.471. The Morgan fingerprint density at radius 3 is 2.77 bits per heavy atom. The zero-order chi connectivity index (χ0) is 15.1. The summed E-state index contributed by atoms with van der Waals surface area (Å²) in [5.41, 5.74) is 2.52. The van der Waals surface area contributed by atoms with Crippen molar-refractivity contribution in [2.45, 2.75) is 26.3 Å². The van der Waals surface area contributed by atoms with Gasteiger partial charge in [-0.2, -0.15) is 10.4 Å². The Morgan fingerprint density at radius 2 is 2.09 bits per heavy atom. The molecule has 2 unspecified atom stereocenters. The number of anilines is 1. The van der Waals surface area contributed by atoms with E-state index >= 15 is 0 Å². The zero-order valence-corrected chi connectivity index (χ0v) is 12.7. The molecule has 0 bridgehead atoms. The van der Waals surface area contributed by atoms with Crippen molar-refractivity contribution in [3.05, 3.63) is 41.3 Å². The fourth-order valence-corrected chi connectivity index (χ4v) is 3.32. The Labute approximate surface area is 130 Å². The lowest BCUT2D eigenvalue weighted by atomic mass is 10.2. The quantitative estimate of drug-likeness (QED) is 0.867. The lowest BCUT2D eigenvalue weighted by molar-refractivity contribution is 0.669. The van der Waals surface area contributed by atoms with Crippen molar-refractivity contribution >= 4 is 5.82 Å². The zero-order valence-electron chi connectivity index (χ0n) is 12.7. The van der Waals surface area contributed by atoms with Crippen LogP contribution in [0.3, 0.4) is 0 Å². The van der Waals surface area contributed by atoms with E-state index < -0.39 is 0 Å². The highest BCUT2D eigenvalue weighted by Crippen LogP contribution is 2.45. The Kier molecular flexibility index (Phi) is 3.11. The first kappa shape index (κ1) is 13.3. The third-order valence-electron chi connectivity index (χ3n) is 4.76. The number of pyridine rings is 1. The average Bonchev–Trinajstić information content (AvgIpc) is 2.97. The summed E-state index contributed by atoms with van der Waals surface area (Å²) in [4.78, 5) is 6.89. The van der Waals surface area contributed by atoms with Gasteiger partial charge in [0.25, 0.3) is 0 Å². The second-order valence-corrected chi connectivity index (χ2v) is 6.31. The van der Waals surface area contributed by atoms with E-state index in [-0.39, 0.29) is 0 Å². The first-order valence-electron chi connectivity index (χ1n) is 7.94. The topological polar surface area (TPSA) is 57.7 Å². The summed E-state index contributed by atoms with van der Waals surface area (Å²) >= 11 is 0. The predicted octanol–water partition coefficient (Wildman–Crippen LogP) is 2.22. The van der Waals surface area contributed by atoms with Crippen molar-refractivity contribution in [1.29, 1.82) is 5.26 Å². The van der Waals surface area contributed by atoms with Crippen molar-refractivity contribution in [2.24, 2.45) is 11.8 Å². The van der Waals surface area contributed by atoms with Crippen LogP contribution < -0.4 is 4.90 Å². The predicted molar refractivity (Wildman–Crippen MR) is 83.5 cm³/mol. The Balaban J connectivity index is 1.56.